The maximum absolute atomic E-state index is 12.2. The molecule has 3 heterocycles. The summed E-state index contributed by atoms with van der Waals surface area (Å²) in [4.78, 5) is 37.9. The highest BCUT2D eigenvalue weighted by Gasteiger charge is 2.54. The van der Waals surface area contributed by atoms with E-state index in [0.29, 0.717) is 38.6 Å². The number of carboxylic acids is 2. The molecule has 0 radical (unpaired) electrons. The number of alkyl halides is 6. The van der Waals surface area contributed by atoms with Crippen molar-refractivity contribution in [2.75, 3.05) is 46.9 Å². The van der Waals surface area contributed by atoms with Crippen LogP contribution in [0.4, 0.5) is 26.3 Å². The molecule has 0 aliphatic carbocycles. The van der Waals surface area contributed by atoms with Crippen LogP contribution in [-0.4, -0.2) is 108 Å². The van der Waals surface area contributed by atoms with E-state index in [9.17, 15) is 31.1 Å². The van der Waals surface area contributed by atoms with Crippen LogP contribution in [0, 0.1) is 5.92 Å². The van der Waals surface area contributed by atoms with E-state index in [4.69, 9.17) is 29.3 Å². The highest BCUT2D eigenvalue weighted by atomic mass is 19.4. The molecule has 2 aliphatic rings. The summed E-state index contributed by atoms with van der Waals surface area (Å²) in [5.74, 6) is -4.92. The van der Waals surface area contributed by atoms with E-state index in [-0.39, 0.29) is 11.5 Å². The van der Waals surface area contributed by atoms with Crippen LogP contribution in [0.15, 0.2) is 24.5 Å². The lowest BCUT2D eigenvalue weighted by Gasteiger charge is -2.50. The Kier molecular flexibility index (Phi) is 12.4. The second kappa shape index (κ2) is 14.2. The number of carboxylic acid groups (broad SMARTS) is 2. The fraction of sp³-hybridized carbons (Fsp3) is 0.636. The molecule has 216 valence electrons. The van der Waals surface area contributed by atoms with Gasteiger partial charge in [-0.2, -0.15) is 26.3 Å². The molecule has 38 heavy (non-hydrogen) atoms. The number of carbonyl (C=O) groups excluding carboxylic acids is 1. The largest absolute Gasteiger partial charge is 0.490 e. The van der Waals surface area contributed by atoms with Crippen LogP contribution >= 0.6 is 0 Å². The predicted octanol–water partition coefficient (Wildman–Crippen LogP) is 2.43. The summed E-state index contributed by atoms with van der Waals surface area (Å²) >= 11 is 0. The van der Waals surface area contributed by atoms with Crippen molar-refractivity contribution in [3.8, 4) is 0 Å². The molecule has 10 nitrogen and oxygen atoms in total. The topological polar surface area (TPSA) is 130 Å². The number of amides is 1. The van der Waals surface area contributed by atoms with Crippen molar-refractivity contribution in [1.29, 1.82) is 0 Å². The first-order chi connectivity index (χ1) is 17.5. The molecule has 1 spiro atoms. The highest BCUT2D eigenvalue weighted by Crippen LogP contribution is 2.40. The van der Waals surface area contributed by atoms with Crippen molar-refractivity contribution in [1.82, 2.24) is 14.8 Å². The Labute approximate surface area is 214 Å². The normalized spacial score (nSPS) is 18.1. The minimum absolute atomic E-state index is 0.175. The molecule has 2 N–H and O–H groups in total. The lowest BCUT2D eigenvalue weighted by atomic mass is 9.81. The third-order valence-corrected chi connectivity index (χ3v) is 5.46. The molecule has 16 heteroatoms. The van der Waals surface area contributed by atoms with Crippen molar-refractivity contribution in [2.24, 2.45) is 5.92 Å². The van der Waals surface area contributed by atoms with Gasteiger partial charge in [-0.3, -0.25) is 9.78 Å². The molecule has 1 unspecified atom stereocenters. The van der Waals surface area contributed by atoms with Crippen molar-refractivity contribution >= 4 is 17.8 Å². The Morgan fingerprint density at radius 2 is 1.58 bits per heavy atom. The number of nitrogens with zero attached hydrogens (tertiary/aromatic N) is 3. The predicted molar refractivity (Wildman–Crippen MR) is 118 cm³/mol. The molecule has 1 atom stereocenters. The maximum atomic E-state index is 12.2. The lowest BCUT2D eigenvalue weighted by Crippen LogP contribution is -2.66. The monoisotopic (exact) mass is 561 g/mol. The molecule has 1 aromatic rings. The Morgan fingerprint density at radius 1 is 1.08 bits per heavy atom. The first-order valence-corrected chi connectivity index (χ1v) is 11.1. The fourth-order valence-corrected chi connectivity index (χ4v) is 3.42. The van der Waals surface area contributed by atoms with Crippen molar-refractivity contribution in [3.05, 3.63) is 30.1 Å². The second-order valence-corrected chi connectivity index (χ2v) is 8.68. The summed E-state index contributed by atoms with van der Waals surface area (Å²) in [5, 5.41) is 14.2. The molecule has 0 saturated carbocycles. The van der Waals surface area contributed by atoms with Gasteiger partial charge in [0.05, 0.1) is 26.3 Å². The summed E-state index contributed by atoms with van der Waals surface area (Å²) in [5.41, 5.74) is 0.957. The van der Waals surface area contributed by atoms with Crippen LogP contribution in [0.1, 0.15) is 18.4 Å². The van der Waals surface area contributed by atoms with Gasteiger partial charge in [-0.05, 0) is 38.2 Å². The number of ether oxygens (including phenoxy) is 2. The van der Waals surface area contributed by atoms with Gasteiger partial charge in [-0.1, -0.05) is 0 Å². The van der Waals surface area contributed by atoms with Crippen molar-refractivity contribution in [2.45, 2.75) is 37.4 Å². The zero-order valence-corrected chi connectivity index (χ0v) is 20.6. The van der Waals surface area contributed by atoms with E-state index in [0.717, 1.165) is 25.1 Å². The number of hydrogen-bond acceptors (Lipinski definition) is 7. The van der Waals surface area contributed by atoms with E-state index in [1.54, 1.807) is 12.4 Å². The van der Waals surface area contributed by atoms with Gasteiger partial charge in [0.15, 0.2) is 0 Å². The summed E-state index contributed by atoms with van der Waals surface area (Å²) < 4.78 is 75.4. The van der Waals surface area contributed by atoms with Crippen molar-refractivity contribution < 1.29 is 60.4 Å². The summed E-state index contributed by atoms with van der Waals surface area (Å²) in [7, 11) is 3.97. The maximum Gasteiger partial charge on any atom is 0.490 e. The van der Waals surface area contributed by atoms with E-state index in [1.807, 2.05) is 36.0 Å². The van der Waals surface area contributed by atoms with E-state index in [1.165, 1.54) is 0 Å². The Bertz CT molecular complexity index is 883. The number of carbonyl (C=O) groups is 3. The average Bonchev–Trinajstić information content (AvgIpc) is 3.21. The minimum Gasteiger partial charge on any atom is -0.475 e. The van der Waals surface area contributed by atoms with Crippen LogP contribution in [0.25, 0.3) is 0 Å². The fourth-order valence-electron chi connectivity index (χ4n) is 3.42. The molecule has 0 aromatic carbocycles. The first kappa shape index (κ1) is 33.0. The summed E-state index contributed by atoms with van der Waals surface area (Å²) in [6.45, 7) is 4.26. The molecule has 2 aliphatic heterocycles. The van der Waals surface area contributed by atoms with Crippen molar-refractivity contribution in [3.63, 3.8) is 0 Å². The van der Waals surface area contributed by atoms with Gasteiger partial charge in [0, 0.05) is 37.9 Å². The van der Waals surface area contributed by atoms with Crippen LogP contribution in [0.3, 0.4) is 0 Å². The Balaban J connectivity index is 0.000000426. The number of hydrogen-bond donors (Lipinski definition) is 2. The Hall–Kier alpha value is -2.98. The van der Waals surface area contributed by atoms with Crippen LogP contribution in [0.5, 0.6) is 0 Å². The van der Waals surface area contributed by atoms with E-state index < -0.39 is 24.3 Å². The van der Waals surface area contributed by atoms with Gasteiger partial charge in [0.1, 0.15) is 5.60 Å². The smallest absolute Gasteiger partial charge is 0.475 e. The average molecular weight is 561 g/mol. The molecular weight excluding hydrogens is 532 g/mol. The zero-order valence-electron chi connectivity index (χ0n) is 20.6. The van der Waals surface area contributed by atoms with E-state index >= 15 is 0 Å². The molecular formula is C22H29F6N3O7. The zero-order chi connectivity index (χ0) is 29.1. The third kappa shape index (κ3) is 11.2. The molecule has 0 bridgehead atoms. The lowest BCUT2D eigenvalue weighted by molar-refractivity contribution is -0.193. The van der Waals surface area contributed by atoms with Gasteiger partial charge < -0.3 is 29.5 Å². The number of halogens is 6. The SMILES string of the molecule is CN(C)CCC(=O)N1CC2(C1)OCCC2COCc1ccncc1.O=C(O)C(F)(F)F.O=C(O)C(F)(F)F. The number of aromatic nitrogens is 1. The second-order valence-electron chi connectivity index (χ2n) is 8.68. The molecule has 1 amide bonds. The third-order valence-electron chi connectivity index (χ3n) is 5.46. The summed E-state index contributed by atoms with van der Waals surface area (Å²) in [6.07, 6.45) is -5.02. The van der Waals surface area contributed by atoms with Gasteiger partial charge >= 0.3 is 24.3 Å². The first-order valence-electron chi connectivity index (χ1n) is 11.1. The van der Waals surface area contributed by atoms with Crippen LogP contribution in [0.2, 0.25) is 0 Å². The van der Waals surface area contributed by atoms with Gasteiger partial charge in [-0.15, -0.1) is 0 Å². The molecule has 1 aromatic heterocycles. The van der Waals surface area contributed by atoms with Gasteiger partial charge in [0.25, 0.3) is 0 Å². The standard InChI is InChI=1S/C18H27N3O3.2C2HF3O2/c1-20(2)9-5-17(22)21-13-18(14-21)16(6-10-24-18)12-23-11-15-3-7-19-8-4-15;2*3-2(4,5)1(6)7/h3-4,7-8,16H,5-6,9-14H2,1-2H3;2*(H,6,7). The molecule has 2 fully saturated rings. The quantitative estimate of drug-likeness (QED) is 0.483. The summed E-state index contributed by atoms with van der Waals surface area (Å²) in [6, 6.07) is 3.94. The van der Waals surface area contributed by atoms with Crippen LogP contribution in [-0.2, 0) is 30.5 Å². The highest BCUT2D eigenvalue weighted by molar-refractivity contribution is 5.77. The van der Waals surface area contributed by atoms with Gasteiger partial charge in [0.2, 0.25) is 5.91 Å². The molecule has 2 saturated heterocycles. The Morgan fingerprint density at radius 3 is 2.03 bits per heavy atom. The van der Waals surface area contributed by atoms with E-state index in [2.05, 4.69) is 4.98 Å². The molecule has 3 rings (SSSR count). The number of aliphatic carboxylic acids is 2. The number of pyridine rings is 1. The van der Waals surface area contributed by atoms with Crippen LogP contribution < -0.4 is 0 Å². The number of rotatable bonds is 7. The minimum atomic E-state index is -5.08. The number of likely N-dealkylation sites (tertiary alicyclic amines) is 1. The van der Waals surface area contributed by atoms with Gasteiger partial charge in [-0.25, -0.2) is 9.59 Å².